The van der Waals surface area contributed by atoms with Crippen LogP contribution in [-0.2, 0) is 0 Å². The molecule has 0 aliphatic carbocycles. The molecule has 1 N–H and O–H groups in total. The zero-order valence-electron chi connectivity index (χ0n) is 15.2. The lowest BCUT2D eigenvalue weighted by atomic mass is 9.92. The van der Waals surface area contributed by atoms with Gasteiger partial charge in [0.15, 0.2) is 0 Å². The van der Waals surface area contributed by atoms with Crippen LogP contribution in [-0.4, -0.2) is 5.75 Å². The Bertz CT molecular complexity index is 843. The van der Waals surface area contributed by atoms with Crippen molar-refractivity contribution in [2.75, 3.05) is 11.1 Å². The largest absolute Gasteiger partial charge is 0.359 e. The Hall–Kier alpha value is -1.67. The Morgan fingerprint density at radius 1 is 1.04 bits per heavy atom. The summed E-state index contributed by atoms with van der Waals surface area (Å²) in [5, 5.41) is 2.75. The first kappa shape index (κ1) is 21.6. The van der Waals surface area contributed by atoms with Crippen LogP contribution in [0.2, 0.25) is 0 Å². The molecule has 0 bridgehead atoms. The third-order valence-corrected chi connectivity index (χ3v) is 6.63. The SMILES string of the molecule is C=C(Nc1cccc(S(F)(F)(F)(F)F)c1)C(C)(C)CSc1ccc(C)cc1. The molecule has 0 saturated carbocycles. The van der Waals surface area contributed by atoms with Gasteiger partial charge in [-0.1, -0.05) is 63.6 Å². The monoisotopic (exact) mass is 423 g/mol. The molecule has 27 heavy (non-hydrogen) atoms. The summed E-state index contributed by atoms with van der Waals surface area (Å²) in [4.78, 5) is -0.857. The number of thioether (sulfide) groups is 1. The Labute approximate surface area is 160 Å². The molecule has 0 heterocycles. The fourth-order valence-corrected chi connectivity index (χ4v) is 3.86. The third kappa shape index (κ3) is 6.17. The molecule has 0 aliphatic rings. The van der Waals surface area contributed by atoms with E-state index < -0.39 is 20.5 Å². The second-order valence-corrected chi connectivity index (χ2v) is 10.5. The van der Waals surface area contributed by atoms with Gasteiger partial charge in [-0.3, -0.25) is 0 Å². The van der Waals surface area contributed by atoms with E-state index in [1.807, 2.05) is 45.0 Å². The van der Waals surface area contributed by atoms with Crippen molar-refractivity contribution in [1.82, 2.24) is 0 Å². The minimum absolute atomic E-state index is 0.0702. The maximum Gasteiger partial charge on any atom is 0.310 e. The smallest absolute Gasteiger partial charge is 0.310 e. The summed E-state index contributed by atoms with van der Waals surface area (Å²) in [5.74, 6) is 0.614. The summed E-state index contributed by atoms with van der Waals surface area (Å²) in [6.45, 7) is 9.66. The summed E-state index contributed by atoms with van der Waals surface area (Å²) in [6.07, 6.45) is 0. The first-order chi connectivity index (χ1) is 12.1. The van der Waals surface area contributed by atoms with Crippen LogP contribution in [0.3, 0.4) is 0 Å². The van der Waals surface area contributed by atoms with Crippen molar-refractivity contribution in [2.45, 2.75) is 30.6 Å². The Morgan fingerprint density at radius 2 is 1.63 bits per heavy atom. The first-order valence-electron chi connectivity index (χ1n) is 8.07. The van der Waals surface area contributed by atoms with Crippen molar-refractivity contribution in [3.8, 4) is 0 Å². The average molecular weight is 424 g/mol. The van der Waals surface area contributed by atoms with Crippen LogP contribution in [0.15, 0.2) is 70.6 Å². The zero-order valence-corrected chi connectivity index (χ0v) is 16.9. The van der Waals surface area contributed by atoms with Gasteiger partial charge in [-0.15, -0.1) is 11.8 Å². The van der Waals surface area contributed by atoms with Gasteiger partial charge in [0, 0.05) is 27.4 Å². The summed E-state index contributed by atoms with van der Waals surface area (Å²) in [6, 6.07) is 11.0. The number of allylic oxidation sites excluding steroid dienone is 1. The Kier molecular flexibility index (Phi) is 5.16. The summed E-state index contributed by atoms with van der Waals surface area (Å²) in [5.41, 5.74) is 1.04. The predicted molar refractivity (Wildman–Crippen MR) is 106 cm³/mol. The third-order valence-electron chi connectivity index (χ3n) is 4.01. The van der Waals surface area contributed by atoms with Crippen LogP contribution in [0.5, 0.6) is 0 Å². The number of anilines is 1. The molecule has 2 aromatic rings. The molecule has 1 nitrogen and oxygen atoms in total. The van der Waals surface area contributed by atoms with Crippen molar-refractivity contribution >= 4 is 27.7 Å². The molecule has 0 fully saturated rings. The highest BCUT2D eigenvalue weighted by Crippen LogP contribution is 3.02. The Balaban J connectivity index is 2.10. The molecule has 0 radical (unpaired) electrons. The van der Waals surface area contributed by atoms with E-state index in [0.717, 1.165) is 16.5 Å². The van der Waals surface area contributed by atoms with E-state index in [4.69, 9.17) is 0 Å². The molecule has 0 atom stereocenters. The normalized spacial score (nSPS) is 15.0. The number of hydrogen-bond acceptors (Lipinski definition) is 2. The number of nitrogens with one attached hydrogen (secondary N) is 1. The van der Waals surface area contributed by atoms with Crippen LogP contribution in [0.25, 0.3) is 0 Å². The minimum Gasteiger partial charge on any atom is -0.359 e. The average Bonchev–Trinajstić information content (AvgIpc) is 2.52. The van der Waals surface area contributed by atoms with Gasteiger partial charge in [-0.05, 0) is 37.3 Å². The van der Waals surface area contributed by atoms with Crippen LogP contribution in [0.1, 0.15) is 19.4 Å². The van der Waals surface area contributed by atoms with Crippen LogP contribution >= 0.6 is 22.0 Å². The highest BCUT2D eigenvalue weighted by atomic mass is 32.5. The van der Waals surface area contributed by atoms with E-state index in [1.54, 1.807) is 11.8 Å². The molecule has 0 unspecified atom stereocenters. The van der Waals surface area contributed by atoms with E-state index in [-0.39, 0.29) is 5.69 Å². The number of halogens is 5. The lowest BCUT2D eigenvalue weighted by Gasteiger charge is -2.40. The van der Waals surface area contributed by atoms with E-state index in [2.05, 4.69) is 11.9 Å². The fourth-order valence-electron chi connectivity index (χ4n) is 2.14. The van der Waals surface area contributed by atoms with Crippen molar-refractivity contribution < 1.29 is 19.4 Å². The van der Waals surface area contributed by atoms with E-state index >= 15 is 0 Å². The predicted octanol–water partition coefficient (Wildman–Crippen LogP) is 8.40. The van der Waals surface area contributed by atoms with Gasteiger partial charge in [0.1, 0.15) is 4.90 Å². The van der Waals surface area contributed by atoms with Gasteiger partial charge >= 0.3 is 10.2 Å². The van der Waals surface area contributed by atoms with E-state index in [0.29, 0.717) is 23.6 Å². The second kappa shape index (κ2) is 6.44. The fraction of sp³-hybridized carbons (Fsp3) is 0.263. The lowest BCUT2D eigenvalue weighted by molar-refractivity contribution is 0.364. The number of aryl methyl sites for hydroxylation is 1. The number of rotatable bonds is 7. The summed E-state index contributed by atoms with van der Waals surface area (Å²) < 4.78 is 64.9. The van der Waals surface area contributed by atoms with Crippen molar-refractivity contribution in [1.29, 1.82) is 0 Å². The van der Waals surface area contributed by atoms with Crippen molar-refractivity contribution in [2.24, 2.45) is 5.41 Å². The van der Waals surface area contributed by atoms with E-state index in [9.17, 15) is 19.4 Å². The molecular weight excluding hydrogens is 401 g/mol. The highest BCUT2D eigenvalue weighted by molar-refractivity contribution is 8.45. The summed E-state index contributed by atoms with van der Waals surface area (Å²) >= 11 is 1.59. The standard InChI is InChI=1S/C19H22F5NS2/c1-14-8-10-17(11-9-14)26-13-19(3,4)15(2)25-16-6-5-7-18(12-16)27(20,21,22,23)24/h5-12,25H,2,13H2,1,3-4H3. The van der Waals surface area contributed by atoms with Crippen LogP contribution in [0.4, 0.5) is 25.1 Å². The molecule has 0 spiro atoms. The zero-order chi connectivity index (χ0) is 20.6. The maximum atomic E-state index is 13.0. The van der Waals surface area contributed by atoms with Gasteiger partial charge < -0.3 is 5.32 Å². The lowest BCUT2D eigenvalue weighted by Crippen LogP contribution is -2.22. The molecular formula is C19H22F5NS2. The molecule has 0 amide bonds. The van der Waals surface area contributed by atoms with E-state index in [1.165, 1.54) is 6.07 Å². The maximum absolute atomic E-state index is 13.0. The molecule has 2 aromatic carbocycles. The van der Waals surface area contributed by atoms with Crippen molar-refractivity contribution in [3.63, 3.8) is 0 Å². The highest BCUT2D eigenvalue weighted by Gasteiger charge is 2.65. The van der Waals surface area contributed by atoms with Gasteiger partial charge in [-0.2, -0.15) is 0 Å². The second-order valence-electron chi connectivity index (χ2n) is 7.09. The topological polar surface area (TPSA) is 12.0 Å². The van der Waals surface area contributed by atoms with Crippen LogP contribution < -0.4 is 5.32 Å². The minimum atomic E-state index is -9.71. The van der Waals surface area contributed by atoms with Gasteiger partial charge in [0.2, 0.25) is 0 Å². The van der Waals surface area contributed by atoms with Gasteiger partial charge in [-0.25, -0.2) is 0 Å². The first-order valence-corrected chi connectivity index (χ1v) is 11.0. The number of benzene rings is 2. The quantitative estimate of drug-likeness (QED) is 0.354. The molecule has 8 heteroatoms. The molecule has 150 valence electrons. The van der Waals surface area contributed by atoms with Gasteiger partial charge in [0.05, 0.1) is 0 Å². The molecule has 0 aliphatic heterocycles. The van der Waals surface area contributed by atoms with Gasteiger partial charge in [0.25, 0.3) is 0 Å². The molecule has 2 rings (SSSR count). The molecule has 0 aromatic heterocycles. The molecule has 0 saturated heterocycles. The van der Waals surface area contributed by atoms with Crippen LogP contribution in [0, 0.1) is 12.3 Å². The Morgan fingerprint density at radius 3 is 2.19 bits per heavy atom. The summed E-state index contributed by atoms with van der Waals surface area (Å²) in [7, 11) is -9.71. The number of hydrogen-bond donors (Lipinski definition) is 1. The van der Waals surface area contributed by atoms with Crippen molar-refractivity contribution in [3.05, 3.63) is 66.4 Å².